The second-order valence-electron chi connectivity index (χ2n) is 8.31. The summed E-state index contributed by atoms with van der Waals surface area (Å²) in [7, 11) is 1.72. The SMILES string of the molecule is COc1ccc([C@@H](CC[NH2+]C[C@@H]2CCOC(C)(C)C2)c2ccccc2)cc1. The van der Waals surface area contributed by atoms with Gasteiger partial charge in [0.25, 0.3) is 0 Å². The number of hydrogen-bond acceptors (Lipinski definition) is 2. The Balaban J connectivity index is 1.58. The first kappa shape index (κ1) is 19.9. The molecule has 1 fully saturated rings. The van der Waals surface area contributed by atoms with E-state index in [9.17, 15) is 0 Å². The molecule has 0 bridgehead atoms. The number of benzene rings is 2. The molecule has 27 heavy (non-hydrogen) atoms. The van der Waals surface area contributed by atoms with E-state index in [2.05, 4.69) is 73.8 Å². The van der Waals surface area contributed by atoms with Crippen molar-refractivity contribution in [3.63, 3.8) is 0 Å². The fourth-order valence-electron chi connectivity index (χ4n) is 4.24. The molecular weight excluding hydrogens is 334 g/mol. The lowest BCUT2D eigenvalue weighted by molar-refractivity contribution is -0.661. The number of rotatable bonds is 8. The molecule has 3 heteroatoms. The summed E-state index contributed by atoms with van der Waals surface area (Å²) in [5.41, 5.74) is 2.80. The second-order valence-corrected chi connectivity index (χ2v) is 8.31. The van der Waals surface area contributed by atoms with E-state index >= 15 is 0 Å². The fourth-order valence-corrected chi connectivity index (χ4v) is 4.24. The van der Waals surface area contributed by atoms with E-state index in [-0.39, 0.29) is 5.60 Å². The monoisotopic (exact) mass is 368 g/mol. The minimum atomic E-state index is 0.0480. The fraction of sp³-hybridized carbons (Fsp3) is 0.500. The average Bonchev–Trinajstić information content (AvgIpc) is 2.68. The third-order valence-electron chi connectivity index (χ3n) is 5.68. The Morgan fingerprint density at radius 3 is 2.44 bits per heavy atom. The van der Waals surface area contributed by atoms with E-state index in [1.54, 1.807) is 7.11 Å². The molecule has 2 atom stereocenters. The molecule has 1 aliphatic rings. The highest BCUT2D eigenvalue weighted by atomic mass is 16.5. The maximum absolute atomic E-state index is 5.85. The molecule has 2 aromatic carbocycles. The van der Waals surface area contributed by atoms with Crippen molar-refractivity contribution >= 4 is 0 Å². The normalized spacial score (nSPS) is 20.2. The quantitative estimate of drug-likeness (QED) is 0.715. The molecule has 146 valence electrons. The van der Waals surface area contributed by atoms with Gasteiger partial charge in [0.15, 0.2) is 0 Å². The molecule has 0 spiro atoms. The standard InChI is InChI=1S/C24H33NO2/c1-24(2)17-19(14-16-27-24)18-25-15-13-23(20-7-5-4-6-8-20)21-9-11-22(26-3)12-10-21/h4-12,19,23,25H,13-18H2,1-3H3/p+1/t19-,23+/m1/s1. The van der Waals surface area contributed by atoms with E-state index in [4.69, 9.17) is 9.47 Å². The van der Waals surface area contributed by atoms with Crippen LogP contribution in [0.3, 0.4) is 0 Å². The third-order valence-corrected chi connectivity index (χ3v) is 5.68. The van der Waals surface area contributed by atoms with Crippen LogP contribution in [0.4, 0.5) is 0 Å². The lowest BCUT2D eigenvalue weighted by Gasteiger charge is -2.34. The van der Waals surface area contributed by atoms with Gasteiger partial charge in [-0.05, 0) is 49.9 Å². The van der Waals surface area contributed by atoms with Crippen molar-refractivity contribution in [2.75, 3.05) is 26.8 Å². The van der Waals surface area contributed by atoms with Crippen LogP contribution in [0.15, 0.2) is 54.6 Å². The maximum atomic E-state index is 5.85. The van der Waals surface area contributed by atoms with Crippen molar-refractivity contribution in [1.82, 2.24) is 0 Å². The lowest BCUT2D eigenvalue weighted by atomic mass is 9.87. The number of hydrogen-bond donors (Lipinski definition) is 1. The van der Waals surface area contributed by atoms with Gasteiger partial charge in [-0.1, -0.05) is 42.5 Å². The molecule has 0 radical (unpaired) electrons. The van der Waals surface area contributed by atoms with Crippen LogP contribution in [-0.2, 0) is 4.74 Å². The molecule has 1 aliphatic heterocycles. The average molecular weight is 369 g/mol. The largest absolute Gasteiger partial charge is 0.497 e. The summed E-state index contributed by atoms with van der Waals surface area (Å²) in [6.45, 7) is 7.69. The first-order valence-corrected chi connectivity index (χ1v) is 10.2. The van der Waals surface area contributed by atoms with Gasteiger partial charge in [-0.15, -0.1) is 0 Å². The summed E-state index contributed by atoms with van der Waals surface area (Å²) >= 11 is 0. The van der Waals surface area contributed by atoms with Gasteiger partial charge in [-0.2, -0.15) is 0 Å². The van der Waals surface area contributed by atoms with Crippen LogP contribution in [-0.4, -0.2) is 32.4 Å². The molecule has 1 saturated heterocycles. The summed E-state index contributed by atoms with van der Waals surface area (Å²) in [4.78, 5) is 0. The van der Waals surface area contributed by atoms with Gasteiger partial charge in [-0.25, -0.2) is 0 Å². The minimum absolute atomic E-state index is 0.0480. The predicted octanol–water partition coefficient (Wildman–Crippen LogP) is 3.99. The van der Waals surface area contributed by atoms with Gasteiger partial charge in [0.1, 0.15) is 5.75 Å². The van der Waals surface area contributed by atoms with E-state index in [0.717, 1.165) is 31.2 Å². The summed E-state index contributed by atoms with van der Waals surface area (Å²) in [6.07, 6.45) is 3.51. The number of nitrogens with two attached hydrogens (primary N) is 1. The van der Waals surface area contributed by atoms with Gasteiger partial charge < -0.3 is 14.8 Å². The molecule has 2 aromatic rings. The molecule has 1 heterocycles. The van der Waals surface area contributed by atoms with Crippen LogP contribution in [0.25, 0.3) is 0 Å². The molecule has 0 saturated carbocycles. The van der Waals surface area contributed by atoms with Crippen LogP contribution in [0, 0.1) is 5.92 Å². The number of methoxy groups -OCH3 is 1. The van der Waals surface area contributed by atoms with Crippen molar-refractivity contribution in [2.45, 2.75) is 44.6 Å². The zero-order valence-electron chi connectivity index (χ0n) is 17.0. The third kappa shape index (κ3) is 5.82. The van der Waals surface area contributed by atoms with Crippen molar-refractivity contribution < 1.29 is 14.8 Å². The minimum Gasteiger partial charge on any atom is -0.497 e. The Morgan fingerprint density at radius 1 is 1.07 bits per heavy atom. The van der Waals surface area contributed by atoms with Gasteiger partial charge in [-0.3, -0.25) is 0 Å². The summed E-state index contributed by atoms with van der Waals surface area (Å²) in [6, 6.07) is 19.4. The molecule has 0 aliphatic carbocycles. The smallest absolute Gasteiger partial charge is 0.118 e. The Kier molecular flexibility index (Phi) is 6.92. The predicted molar refractivity (Wildman–Crippen MR) is 110 cm³/mol. The lowest BCUT2D eigenvalue weighted by Crippen LogP contribution is -2.86. The first-order chi connectivity index (χ1) is 13.1. The van der Waals surface area contributed by atoms with E-state index in [0.29, 0.717) is 5.92 Å². The molecule has 3 nitrogen and oxygen atoms in total. The number of quaternary nitrogens is 1. The molecule has 0 unspecified atom stereocenters. The van der Waals surface area contributed by atoms with Crippen LogP contribution in [0.5, 0.6) is 5.75 Å². The molecule has 0 amide bonds. The highest BCUT2D eigenvalue weighted by Crippen LogP contribution is 2.29. The Bertz CT molecular complexity index is 681. The van der Waals surface area contributed by atoms with Gasteiger partial charge in [0.2, 0.25) is 0 Å². The summed E-state index contributed by atoms with van der Waals surface area (Å²) < 4.78 is 11.2. The van der Waals surface area contributed by atoms with E-state index < -0.39 is 0 Å². The molecule has 3 rings (SSSR count). The van der Waals surface area contributed by atoms with E-state index in [1.165, 1.54) is 30.5 Å². The maximum Gasteiger partial charge on any atom is 0.118 e. The number of ether oxygens (including phenoxy) is 2. The van der Waals surface area contributed by atoms with Gasteiger partial charge in [0, 0.05) is 24.9 Å². The summed E-state index contributed by atoms with van der Waals surface area (Å²) in [5, 5.41) is 2.51. The molecule has 2 N–H and O–H groups in total. The van der Waals surface area contributed by atoms with Crippen LogP contribution in [0.1, 0.15) is 50.2 Å². The Morgan fingerprint density at radius 2 is 1.78 bits per heavy atom. The van der Waals surface area contributed by atoms with Crippen molar-refractivity contribution in [1.29, 1.82) is 0 Å². The highest BCUT2D eigenvalue weighted by Gasteiger charge is 2.29. The highest BCUT2D eigenvalue weighted by molar-refractivity contribution is 5.35. The first-order valence-electron chi connectivity index (χ1n) is 10.2. The Hall–Kier alpha value is -1.84. The zero-order chi connectivity index (χ0) is 19.1. The van der Waals surface area contributed by atoms with Gasteiger partial charge >= 0.3 is 0 Å². The van der Waals surface area contributed by atoms with Crippen LogP contribution >= 0.6 is 0 Å². The van der Waals surface area contributed by atoms with Crippen LogP contribution in [0.2, 0.25) is 0 Å². The van der Waals surface area contributed by atoms with E-state index in [1.807, 2.05) is 0 Å². The molecular formula is C24H34NO2+. The van der Waals surface area contributed by atoms with Crippen LogP contribution < -0.4 is 10.1 Å². The molecule has 0 aromatic heterocycles. The topological polar surface area (TPSA) is 35.1 Å². The zero-order valence-corrected chi connectivity index (χ0v) is 17.0. The van der Waals surface area contributed by atoms with Crippen molar-refractivity contribution in [2.24, 2.45) is 5.92 Å². The van der Waals surface area contributed by atoms with Crippen molar-refractivity contribution in [3.05, 3.63) is 65.7 Å². The van der Waals surface area contributed by atoms with Crippen molar-refractivity contribution in [3.8, 4) is 5.75 Å². The second kappa shape index (κ2) is 9.38. The summed E-state index contributed by atoms with van der Waals surface area (Å²) in [5.74, 6) is 2.11. The van der Waals surface area contributed by atoms with Gasteiger partial charge in [0.05, 0.1) is 25.8 Å². The Labute approximate surface area is 164 Å².